The molecule has 0 aliphatic carbocycles. The molecule has 1 amide bonds. The van der Waals surface area contributed by atoms with E-state index in [4.69, 9.17) is 0 Å². The van der Waals surface area contributed by atoms with Gasteiger partial charge < -0.3 is 9.88 Å². The van der Waals surface area contributed by atoms with Crippen LogP contribution in [0.25, 0.3) is 22.4 Å². The molecule has 1 saturated heterocycles. The second-order valence-corrected chi connectivity index (χ2v) is 7.61. The van der Waals surface area contributed by atoms with E-state index < -0.39 is 0 Å². The summed E-state index contributed by atoms with van der Waals surface area (Å²) < 4.78 is 0. The van der Waals surface area contributed by atoms with Crippen LogP contribution in [0.1, 0.15) is 15.9 Å². The van der Waals surface area contributed by atoms with Crippen LogP contribution in [-0.4, -0.2) is 56.8 Å². The number of H-pyrrole nitrogens is 1. The summed E-state index contributed by atoms with van der Waals surface area (Å²) in [6.07, 6.45) is 3.65. The average molecular weight is 397 g/mol. The summed E-state index contributed by atoms with van der Waals surface area (Å²) in [5.41, 5.74) is 4.74. The number of pyridine rings is 1. The third-order valence-corrected chi connectivity index (χ3v) is 5.59. The molecule has 1 fully saturated rings. The first-order valence-electron chi connectivity index (χ1n) is 10.2. The molecule has 5 rings (SSSR count). The van der Waals surface area contributed by atoms with Crippen molar-refractivity contribution in [3.8, 4) is 11.4 Å². The van der Waals surface area contributed by atoms with Crippen LogP contribution in [0.2, 0.25) is 0 Å². The maximum atomic E-state index is 13.1. The van der Waals surface area contributed by atoms with Crippen molar-refractivity contribution >= 4 is 16.9 Å². The van der Waals surface area contributed by atoms with E-state index in [2.05, 4.69) is 19.9 Å². The zero-order valence-electron chi connectivity index (χ0n) is 16.7. The number of hydrogen-bond donors (Lipinski definition) is 1. The van der Waals surface area contributed by atoms with E-state index >= 15 is 0 Å². The molecule has 0 radical (unpaired) electrons. The summed E-state index contributed by atoms with van der Waals surface area (Å²) in [7, 11) is 0. The van der Waals surface area contributed by atoms with Crippen LogP contribution < -0.4 is 0 Å². The third kappa shape index (κ3) is 3.82. The Morgan fingerprint density at radius 3 is 2.47 bits per heavy atom. The van der Waals surface area contributed by atoms with Crippen LogP contribution in [0.4, 0.5) is 0 Å². The van der Waals surface area contributed by atoms with Crippen molar-refractivity contribution in [2.75, 3.05) is 26.2 Å². The Morgan fingerprint density at radius 1 is 0.933 bits per heavy atom. The first-order valence-corrected chi connectivity index (χ1v) is 10.2. The molecule has 0 spiro atoms. The molecule has 30 heavy (non-hydrogen) atoms. The SMILES string of the molecule is O=C(c1ccc2nc(-c3ccccc3)[nH]c2c1)N1CCN(Cc2ccncc2)CC1. The van der Waals surface area contributed by atoms with E-state index in [0.717, 1.165) is 55.1 Å². The molecule has 4 aromatic rings. The summed E-state index contributed by atoms with van der Waals surface area (Å²) in [6, 6.07) is 19.8. The minimum atomic E-state index is 0.0799. The molecule has 3 heterocycles. The quantitative estimate of drug-likeness (QED) is 0.572. The molecule has 0 unspecified atom stereocenters. The number of piperazine rings is 1. The van der Waals surface area contributed by atoms with Crippen LogP contribution in [0.15, 0.2) is 73.1 Å². The van der Waals surface area contributed by atoms with E-state index in [-0.39, 0.29) is 5.91 Å². The Morgan fingerprint density at radius 2 is 1.70 bits per heavy atom. The number of hydrogen-bond acceptors (Lipinski definition) is 4. The molecule has 1 N–H and O–H groups in total. The number of nitrogens with zero attached hydrogens (tertiary/aromatic N) is 4. The van der Waals surface area contributed by atoms with Crippen molar-refractivity contribution in [1.29, 1.82) is 0 Å². The molecule has 6 nitrogen and oxygen atoms in total. The van der Waals surface area contributed by atoms with Crippen LogP contribution in [-0.2, 0) is 6.54 Å². The normalized spacial score (nSPS) is 14.9. The average Bonchev–Trinajstić information content (AvgIpc) is 3.24. The Bertz CT molecular complexity index is 1150. The van der Waals surface area contributed by atoms with Gasteiger partial charge >= 0.3 is 0 Å². The zero-order valence-corrected chi connectivity index (χ0v) is 16.7. The van der Waals surface area contributed by atoms with E-state index in [0.29, 0.717) is 5.56 Å². The molecule has 0 atom stereocenters. The van der Waals surface area contributed by atoms with E-state index in [1.165, 1.54) is 5.56 Å². The van der Waals surface area contributed by atoms with Gasteiger partial charge in [-0.2, -0.15) is 0 Å². The van der Waals surface area contributed by atoms with Gasteiger partial charge in [-0.15, -0.1) is 0 Å². The van der Waals surface area contributed by atoms with Gasteiger partial charge in [0.2, 0.25) is 0 Å². The van der Waals surface area contributed by atoms with Crippen molar-refractivity contribution in [1.82, 2.24) is 24.8 Å². The highest BCUT2D eigenvalue weighted by Gasteiger charge is 2.22. The van der Waals surface area contributed by atoms with Crippen molar-refractivity contribution in [2.24, 2.45) is 0 Å². The van der Waals surface area contributed by atoms with Gasteiger partial charge in [-0.05, 0) is 35.9 Å². The van der Waals surface area contributed by atoms with Crippen LogP contribution in [0.5, 0.6) is 0 Å². The number of aromatic nitrogens is 3. The van der Waals surface area contributed by atoms with E-state index in [1.54, 1.807) is 0 Å². The first-order chi connectivity index (χ1) is 14.8. The van der Waals surface area contributed by atoms with Crippen molar-refractivity contribution in [3.63, 3.8) is 0 Å². The molecular weight excluding hydrogens is 374 g/mol. The predicted octanol–water partition coefficient (Wildman–Crippen LogP) is 3.58. The Kier molecular flexibility index (Phi) is 4.99. The highest BCUT2D eigenvalue weighted by Crippen LogP contribution is 2.22. The smallest absolute Gasteiger partial charge is 0.254 e. The number of imidazole rings is 1. The lowest BCUT2D eigenvalue weighted by Crippen LogP contribution is -2.48. The van der Waals surface area contributed by atoms with Crippen molar-refractivity contribution in [2.45, 2.75) is 6.54 Å². The van der Waals surface area contributed by atoms with E-state index in [1.807, 2.05) is 78.0 Å². The fraction of sp³-hybridized carbons (Fsp3) is 0.208. The van der Waals surface area contributed by atoms with Gasteiger partial charge in [-0.1, -0.05) is 30.3 Å². The van der Waals surface area contributed by atoms with Gasteiger partial charge in [0.1, 0.15) is 5.82 Å². The molecule has 0 saturated carbocycles. The van der Waals surface area contributed by atoms with Crippen LogP contribution in [0, 0.1) is 0 Å². The molecule has 150 valence electrons. The number of fused-ring (bicyclic) bond motifs is 1. The number of carbonyl (C=O) groups excluding carboxylic acids is 1. The van der Waals surface area contributed by atoms with Gasteiger partial charge in [0, 0.05) is 56.2 Å². The molecule has 0 bridgehead atoms. The molecule has 2 aromatic heterocycles. The molecule has 1 aliphatic rings. The summed E-state index contributed by atoms with van der Waals surface area (Å²) in [5.74, 6) is 0.899. The summed E-state index contributed by atoms with van der Waals surface area (Å²) in [6.45, 7) is 4.12. The lowest BCUT2D eigenvalue weighted by Gasteiger charge is -2.34. The number of benzene rings is 2. The molecular formula is C24H23N5O. The molecule has 6 heteroatoms. The van der Waals surface area contributed by atoms with Gasteiger partial charge in [0.05, 0.1) is 11.0 Å². The molecule has 2 aromatic carbocycles. The van der Waals surface area contributed by atoms with Gasteiger partial charge in [-0.25, -0.2) is 4.98 Å². The Hall–Kier alpha value is -3.51. The summed E-state index contributed by atoms with van der Waals surface area (Å²) >= 11 is 0. The molecule has 1 aliphatic heterocycles. The van der Waals surface area contributed by atoms with Crippen molar-refractivity contribution in [3.05, 3.63) is 84.2 Å². The third-order valence-electron chi connectivity index (χ3n) is 5.59. The summed E-state index contributed by atoms with van der Waals surface area (Å²) in [5, 5.41) is 0. The minimum Gasteiger partial charge on any atom is -0.338 e. The van der Waals surface area contributed by atoms with Gasteiger partial charge in [0.15, 0.2) is 0 Å². The van der Waals surface area contributed by atoms with Crippen LogP contribution in [0.3, 0.4) is 0 Å². The maximum absolute atomic E-state index is 13.1. The largest absolute Gasteiger partial charge is 0.338 e. The number of amides is 1. The van der Waals surface area contributed by atoms with Gasteiger partial charge in [-0.3, -0.25) is 14.7 Å². The Labute approximate surface area is 175 Å². The standard InChI is InChI=1S/C24H23N5O/c30-24(29-14-12-28(13-15-29)17-18-8-10-25-11-9-18)20-6-7-21-22(16-20)27-23(26-21)19-4-2-1-3-5-19/h1-11,16H,12-15,17H2,(H,26,27). The monoisotopic (exact) mass is 397 g/mol. The second-order valence-electron chi connectivity index (χ2n) is 7.61. The van der Waals surface area contributed by atoms with Crippen molar-refractivity contribution < 1.29 is 4.79 Å². The Balaban J connectivity index is 1.27. The highest BCUT2D eigenvalue weighted by atomic mass is 16.2. The minimum absolute atomic E-state index is 0.0799. The summed E-state index contributed by atoms with van der Waals surface area (Å²) in [4.78, 5) is 29.4. The number of rotatable bonds is 4. The van der Waals surface area contributed by atoms with Gasteiger partial charge in [0.25, 0.3) is 5.91 Å². The maximum Gasteiger partial charge on any atom is 0.254 e. The fourth-order valence-electron chi connectivity index (χ4n) is 3.91. The zero-order chi connectivity index (χ0) is 20.3. The first kappa shape index (κ1) is 18.5. The number of aromatic amines is 1. The predicted molar refractivity (Wildman–Crippen MR) is 117 cm³/mol. The number of nitrogens with one attached hydrogen (secondary N) is 1. The van der Waals surface area contributed by atoms with Crippen LogP contribution >= 0.6 is 0 Å². The second kappa shape index (κ2) is 8.08. The lowest BCUT2D eigenvalue weighted by molar-refractivity contribution is 0.0628. The highest BCUT2D eigenvalue weighted by molar-refractivity contribution is 5.97. The fourth-order valence-corrected chi connectivity index (χ4v) is 3.91. The topological polar surface area (TPSA) is 65.1 Å². The van der Waals surface area contributed by atoms with E-state index in [9.17, 15) is 4.79 Å². The number of carbonyl (C=O) groups is 1. The lowest BCUT2D eigenvalue weighted by atomic mass is 10.1.